The number of rotatable bonds is 3. The molecule has 0 saturated carbocycles. The zero-order valence-electron chi connectivity index (χ0n) is 10.6. The van der Waals surface area contributed by atoms with Crippen LogP contribution in [0.25, 0.3) is 22.9 Å². The van der Waals surface area contributed by atoms with Crippen molar-refractivity contribution in [2.45, 2.75) is 13.5 Å². The summed E-state index contributed by atoms with van der Waals surface area (Å²) < 4.78 is 5.81. The van der Waals surface area contributed by atoms with E-state index < -0.39 is 0 Å². The molecular formula is C14H14N4O. The van der Waals surface area contributed by atoms with Gasteiger partial charge in [-0.3, -0.25) is 5.10 Å². The van der Waals surface area contributed by atoms with Crippen LogP contribution >= 0.6 is 0 Å². The number of aromatic nitrogens is 3. The van der Waals surface area contributed by atoms with Crippen LogP contribution < -0.4 is 5.73 Å². The Morgan fingerprint density at radius 1 is 1.26 bits per heavy atom. The molecule has 0 amide bonds. The van der Waals surface area contributed by atoms with Gasteiger partial charge in [0.1, 0.15) is 5.69 Å². The van der Waals surface area contributed by atoms with Crippen molar-refractivity contribution in [2.75, 3.05) is 0 Å². The van der Waals surface area contributed by atoms with Crippen LogP contribution in [0.2, 0.25) is 0 Å². The number of hydrogen-bond donors (Lipinski definition) is 2. The Kier molecular flexibility index (Phi) is 2.89. The van der Waals surface area contributed by atoms with Gasteiger partial charge in [0.25, 0.3) is 0 Å². The molecule has 2 heterocycles. The molecule has 2 aromatic heterocycles. The molecule has 19 heavy (non-hydrogen) atoms. The average molecular weight is 254 g/mol. The highest BCUT2D eigenvalue weighted by Crippen LogP contribution is 2.28. The second-order valence-corrected chi connectivity index (χ2v) is 4.28. The second-order valence-electron chi connectivity index (χ2n) is 4.28. The number of aromatic amines is 1. The lowest BCUT2D eigenvalue weighted by Gasteiger charge is -1.93. The molecule has 96 valence electrons. The van der Waals surface area contributed by atoms with Gasteiger partial charge >= 0.3 is 0 Å². The van der Waals surface area contributed by atoms with Gasteiger partial charge in [-0.1, -0.05) is 18.2 Å². The highest BCUT2D eigenvalue weighted by molar-refractivity contribution is 5.61. The average Bonchev–Trinajstić information content (AvgIpc) is 3.06. The van der Waals surface area contributed by atoms with E-state index in [0.717, 1.165) is 22.6 Å². The van der Waals surface area contributed by atoms with E-state index in [-0.39, 0.29) is 0 Å². The standard InChI is InChI=1S/C14H14N4O/c1-9-13(12-7-11(8-15)17-18-12)19-14(16-9)10-5-3-2-4-6-10/h2-7H,8,15H2,1H3,(H,17,18). The fourth-order valence-corrected chi connectivity index (χ4v) is 1.92. The van der Waals surface area contributed by atoms with E-state index in [2.05, 4.69) is 15.2 Å². The van der Waals surface area contributed by atoms with Crippen LogP contribution in [0.3, 0.4) is 0 Å². The molecular weight excluding hydrogens is 240 g/mol. The first-order valence-corrected chi connectivity index (χ1v) is 6.05. The molecule has 0 bridgehead atoms. The molecule has 0 aliphatic heterocycles. The first-order valence-electron chi connectivity index (χ1n) is 6.05. The number of aryl methyl sites for hydroxylation is 1. The third-order valence-electron chi connectivity index (χ3n) is 2.90. The van der Waals surface area contributed by atoms with Crippen LogP contribution in [-0.4, -0.2) is 15.2 Å². The molecule has 0 fully saturated rings. The van der Waals surface area contributed by atoms with Crippen molar-refractivity contribution in [3.05, 3.63) is 47.8 Å². The van der Waals surface area contributed by atoms with Gasteiger partial charge in [0.2, 0.25) is 5.89 Å². The Bertz CT molecular complexity index is 685. The zero-order valence-corrected chi connectivity index (χ0v) is 10.6. The van der Waals surface area contributed by atoms with Gasteiger partial charge in [0.15, 0.2) is 5.76 Å². The summed E-state index contributed by atoms with van der Waals surface area (Å²) >= 11 is 0. The summed E-state index contributed by atoms with van der Waals surface area (Å²) in [5.74, 6) is 1.28. The third-order valence-corrected chi connectivity index (χ3v) is 2.90. The van der Waals surface area contributed by atoms with Crippen LogP contribution in [0.1, 0.15) is 11.4 Å². The molecule has 3 N–H and O–H groups in total. The second kappa shape index (κ2) is 4.70. The number of nitrogens with zero attached hydrogens (tertiary/aromatic N) is 2. The number of nitrogens with two attached hydrogens (primary N) is 1. The Morgan fingerprint density at radius 2 is 2.05 bits per heavy atom. The predicted molar refractivity (Wildman–Crippen MR) is 72.1 cm³/mol. The fourth-order valence-electron chi connectivity index (χ4n) is 1.92. The minimum atomic E-state index is 0.422. The highest BCUT2D eigenvalue weighted by atomic mass is 16.4. The maximum absolute atomic E-state index is 5.81. The summed E-state index contributed by atoms with van der Waals surface area (Å²) in [6.07, 6.45) is 0. The van der Waals surface area contributed by atoms with Gasteiger partial charge < -0.3 is 10.2 Å². The number of oxazole rings is 1. The van der Waals surface area contributed by atoms with Crippen molar-refractivity contribution in [2.24, 2.45) is 5.73 Å². The van der Waals surface area contributed by atoms with Crippen LogP contribution in [0.5, 0.6) is 0 Å². The largest absolute Gasteiger partial charge is 0.434 e. The summed E-state index contributed by atoms with van der Waals surface area (Å²) in [6.45, 7) is 2.33. The number of nitrogens with one attached hydrogen (secondary N) is 1. The first-order chi connectivity index (χ1) is 9.28. The number of H-pyrrole nitrogens is 1. The van der Waals surface area contributed by atoms with Gasteiger partial charge in [0, 0.05) is 17.8 Å². The predicted octanol–water partition coefficient (Wildman–Crippen LogP) is 2.50. The molecule has 0 saturated heterocycles. The zero-order chi connectivity index (χ0) is 13.2. The fraction of sp³-hybridized carbons (Fsp3) is 0.143. The van der Waals surface area contributed by atoms with Gasteiger partial charge in [-0.05, 0) is 25.1 Å². The van der Waals surface area contributed by atoms with E-state index in [1.807, 2.05) is 43.3 Å². The summed E-state index contributed by atoms with van der Waals surface area (Å²) in [5, 5.41) is 7.05. The van der Waals surface area contributed by atoms with Gasteiger partial charge in [-0.15, -0.1) is 0 Å². The van der Waals surface area contributed by atoms with E-state index in [1.165, 1.54) is 0 Å². The summed E-state index contributed by atoms with van der Waals surface area (Å²) in [7, 11) is 0. The molecule has 0 aliphatic rings. The molecule has 0 atom stereocenters. The molecule has 3 rings (SSSR count). The highest BCUT2D eigenvalue weighted by Gasteiger charge is 2.15. The van der Waals surface area contributed by atoms with Crippen LogP contribution in [0, 0.1) is 6.92 Å². The normalized spacial score (nSPS) is 10.8. The maximum atomic E-state index is 5.81. The van der Waals surface area contributed by atoms with Crippen molar-refractivity contribution >= 4 is 0 Å². The molecule has 3 aromatic rings. The molecule has 0 spiro atoms. The number of benzene rings is 1. The molecule has 5 nitrogen and oxygen atoms in total. The molecule has 0 radical (unpaired) electrons. The van der Waals surface area contributed by atoms with Gasteiger partial charge in [-0.25, -0.2) is 4.98 Å². The Labute approximate surface area is 110 Å². The Hall–Kier alpha value is -2.40. The van der Waals surface area contributed by atoms with E-state index >= 15 is 0 Å². The Morgan fingerprint density at radius 3 is 2.74 bits per heavy atom. The quantitative estimate of drug-likeness (QED) is 0.752. The van der Waals surface area contributed by atoms with E-state index in [0.29, 0.717) is 18.2 Å². The van der Waals surface area contributed by atoms with E-state index in [4.69, 9.17) is 10.2 Å². The smallest absolute Gasteiger partial charge is 0.227 e. The molecule has 1 aromatic carbocycles. The lowest BCUT2D eigenvalue weighted by molar-refractivity contribution is 0.585. The molecule has 0 unspecified atom stereocenters. The topological polar surface area (TPSA) is 80.7 Å². The van der Waals surface area contributed by atoms with Crippen molar-refractivity contribution in [3.63, 3.8) is 0 Å². The van der Waals surface area contributed by atoms with Gasteiger partial charge in [-0.2, -0.15) is 5.10 Å². The van der Waals surface area contributed by atoms with Gasteiger partial charge in [0.05, 0.1) is 5.69 Å². The monoisotopic (exact) mass is 254 g/mol. The van der Waals surface area contributed by atoms with E-state index in [1.54, 1.807) is 0 Å². The summed E-state index contributed by atoms with van der Waals surface area (Å²) in [4.78, 5) is 4.44. The molecule has 5 heteroatoms. The minimum Gasteiger partial charge on any atom is -0.434 e. The lowest BCUT2D eigenvalue weighted by atomic mass is 10.2. The van der Waals surface area contributed by atoms with Crippen LogP contribution in [-0.2, 0) is 6.54 Å². The summed E-state index contributed by atoms with van der Waals surface area (Å²) in [6, 6.07) is 11.7. The number of hydrogen-bond acceptors (Lipinski definition) is 4. The van der Waals surface area contributed by atoms with Crippen LogP contribution in [0.15, 0.2) is 40.8 Å². The maximum Gasteiger partial charge on any atom is 0.227 e. The van der Waals surface area contributed by atoms with Crippen molar-refractivity contribution < 1.29 is 4.42 Å². The van der Waals surface area contributed by atoms with Crippen molar-refractivity contribution in [3.8, 4) is 22.9 Å². The summed E-state index contributed by atoms with van der Waals surface area (Å²) in [5.41, 5.74) is 8.92. The van der Waals surface area contributed by atoms with Crippen molar-refractivity contribution in [1.29, 1.82) is 0 Å². The minimum absolute atomic E-state index is 0.422. The Balaban J connectivity index is 2.02. The third kappa shape index (κ3) is 2.15. The van der Waals surface area contributed by atoms with E-state index in [9.17, 15) is 0 Å². The SMILES string of the molecule is Cc1nc(-c2ccccc2)oc1-c1cc(CN)[nH]n1. The van der Waals surface area contributed by atoms with Crippen molar-refractivity contribution in [1.82, 2.24) is 15.2 Å². The first kappa shape index (κ1) is 11.7. The lowest BCUT2D eigenvalue weighted by Crippen LogP contribution is -1.95. The van der Waals surface area contributed by atoms with Crippen LogP contribution in [0.4, 0.5) is 0 Å². The molecule has 0 aliphatic carbocycles.